The van der Waals surface area contributed by atoms with Crippen molar-refractivity contribution >= 4 is 35.0 Å². The number of aliphatic hydroxyl groups is 1. The Labute approximate surface area is 239 Å². The first-order chi connectivity index (χ1) is 18.9. The van der Waals surface area contributed by atoms with Crippen molar-refractivity contribution in [3.8, 4) is 10.4 Å². The van der Waals surface area contributed by atoms with Crippen LogP contribution in [0.1, 0.15) is 70.6 Å². The minimum absolute atomic E-state index is 0.0114. The monoisotopic (exact) mass is 572 g/mol. The molecule has 40 heavy (non-hydrogen) atoms. The molecule has 1 saturated heterocycles. The Bertz CT molecular complexity index is 1190. The average molecular weight is 573 g/mol. The SMILES string of the molecule is Cc1ncsc1-c1ccc(CNC(=O)[C@@H]2C[C@@H](O)CN2C(=O)[C@@H](NC(=O)CCCCCC(=O)O)C(C)(C)C)cc1. The van der Waals surface area contributed by atoms with E-state index in [0.717, 1.165) is 21.7 Å². The van der Waals surface area contributed by atoms with E-state index in [1.54, 1.807) is 11.3 Å². The molecule has 1 aliphatic heterocycles. The fraction of sp³-hybridized carbons (Fsp3) is 0.552. The third-order valence-corrected chi connectivity index (χ3v) is 7.98. The summed E-state index contributed by atoms with van der Waals surface area (Å²) in [6.07, 6.45) is 1.12. The van der Waals surface area contributed by atoms with Crippen LogP contribution in [0.3, 0.4) is 0 Å². The molecule has 10 nitrogen and oxygen atoms in total. The van der Waals surface area contributed by atoms with Crippen LogP contribution < -0.4 is 10.6 Å². The highest BCUT2D eigenvalue weighted by molar-refractivity contribution is 7.13. The van der Waals surface area contributed by atoms with Gasteiger partial charge in [0.1, 0.15) is 12.1 Å². The zero-order valence-electron chi connectivity index (χ0n) is 23.6. The van der Waals surface area contributed by atoms with E-state index in [-0.39, 0.29) is 44.2 Å². The quantitative estimate of drug-likeness (QED) is 0.285. The molecule has 0 saturated carbocycles. The number of carbonyl (C=O) groups excluding carboxylic acids is 3. The molecule has 0 spiro atoms. The summed E-state index contributed by atoms with van der Waals surface area (Å²) in [4.78, 5) is 56.9. The number of carboxylic acids is 1. The van der Waals surface area contributed by atoms with Crippen LogP contribution in [-0.4, -0.2) is 68.5 Å². The first-order valence-corrected chi connectivity index (χ1v) is 14.5. The number of thiazole rings is 1. The number of aryl methyl sites for hydroxylation is 1. The number of aliphatic carboxylic acids is 1. The summed E-state index contributed by atoms with van der Waals surface area (Å²) in [5.74, 6) is -1.94. The number of benzene rings is 1. The predicted octanol–water partition coefficient (Wildman–Crippen LogP) is 3.26. The molecular formula is C29H40N4O6S. The number of likely N-dealkylation sites (tertiary alicyclic amines) is 1. The van der Waals surface area contributed by atoms with Crippen molar-refractivity contribution in [3.05, 3.63) is 41.0 Å². The molecule has 11 heteroatoms. The van der Waals surface area contributed by atoms with Gasteiger partial charge in [-0.1, -0.05) is 51.5 Å². The van der Waals surface area contributed by atoms with E-state index >= 15 is 0 Å². The minimum atomic E-state index is -0.887. The van der Waals surface area contributed by atoms with Crippen LogP contribution in [-0.2, 0) is 25.7 Å². The van der Waals surface area contributed by atoms with Gasteiger partial charge in [0.05, 0.1) is 22.2 Å². The van der Waals surface area contributed by atoms with Crippen LogP contribution in [0.5, 0.6) is 0 Å². The van der Waals surface area contributed by atoms with Gasteiger partial charge in [0.2, 0.25) is 17.7 Å². The number of carbonyl (C=O) groups is 4. The average Bonchev–Trinajstić information content (AvgIpc) is 3.50. The van der Waals surface area contributed by atoms with Gasteiger partial charge in [-0.05, 0) is 36.3 Å². The van der Waals surface area contributed by atoms with E-state index < -0.39 is 35.5 Å². The molecular weight excluding hydrogens is 532 g/mol. The largest absolute Gasteiger partial charge is 0.481 e. The Kier molecular flexibility index (Phi) is 10.8. The summed E-state index contributed by atoms with van der Waals surface area (Å²) in [7, 11) is 0. The molecule has 3 rings (SSSR count). The lowest BCUT2D eigenvalue weighted by Crippen LogP contribution is -2.57. The maximum Gasteiger partial charge on any atom is 0.303 e. The van der Waals surface area contributed by atoms with Gasteiger partial charge >= 0.3 is 5.97 Å². The maximum absolute atomic E-state index is 13.6. The Morgan fingerprint density at radius 3 is 2.38 bits per heavy atom. The Morgan fingerprint density at radius 1 is 1.10 bits per heavy atom. The number of aromatic nitrogens is 1. The molecule has 1 aliphatic rings. The number of aliphatic hydroxyl groups excluding tert-OH is 1. The minimum Gasteiger partial charge on any atom is -0.481 e. The zero-order valence-corrected chi connectivity index (χ0v) is 24.4. The molecule has 218 valence electrons. The first kappa shape index (κ1) is 31.2. The number of hydrogen-bond acceptors (Lipinski definition) is 7. The molecule has 1 aromatic carbocycles. The Hall–Kier alpha value is -3.31. The topological polar surface area (TPSA) is 149 Å². The van der Waals surface area contributed by atoms with Gasteiger partial charge < -0.3 is 25.7 Å². The van der Waals surface area contributed by atoms with E-state index in [1.165, 1.54) is 4.90 Å². The van der Waals surface area contributed by atoms with E-state index in [1.807, 2.05) is 57.5 Å². The summed E-state index contributed by atoms with van der Waals surface area (Å²) in [6, 6.07) is 6.11. The number of amides is 3. The highest BCUT2D eigenvalue weighted by Gasteiger charge is 2.44. The lowest BCUT2D eigenvalue weighted by Gasteiger charge is -2.35. The first-order valence-electron chi connectivity index (χ1n) is 13.6. The third kappa shape index (κ3) is 8.59. The molecule has 0 radical (unpaired) electrons. The van der Waals surface area contributed by atoms with Crippen molar-refractivity contribution in [1.82, 2.24) is 20.5 Å². The van der Waals surface area contributed by atoms with Gasteiger partial charge in [-0.3, -0.25) is 19.2 Å². The van der Waals surface area contributed by atoms with Gasteiger partial charge in [0, 0.05) is 32.4 Å². The van der Waals surface area contributed by atoms with Crippen molar-refractivity contribution in [2.45, 2.75) is 91.0 Å². The lowest BCUT2D eigenvalue weighted by atomic mass is 9.85. The smallest absolute Gasteiger partial charge is 0.303 e. The highest BCUT2D eigenvalue weighted by atomic mass is 32.1. The molecule has 4 N–H and O–H groups in total. The normalized spacial score (nSPS) is 17.9. The zero-order chi connectivity index (χ0) is 29.4. The van der Waals surface area contributed by atoms with E-state index in [4.69, 9.17) is 5.11 Å². The maximum atomic E-state index is 13.6. The van der Waals surface area contributed by atoms with Gasteiger partial charge in [-0.25, -0.2) is 4.98 Å². The molecule has 0 unspecified atom stereocenters. The number of hydrogen-bond donors (Lipinski definition) is 4. The van der Waals surface area contributed by atoms with Crippen LogP contribution in [0.25, 0.3) is 10.4 Å². The standard InChI is InChI=1S/C29H40N4O6S/c1-18-25(40-17-31-18)20-12-10-19(11-13-20)15-30-27(38)22-14-21(34)16-33(22)28(39)26(29(2,3)4)32-23(35)8-6-5-7-9-24(36)37/h10-13,17,21-22,26,34H,5-9,14-16H2,1-4H3,(H,30,38)(H,32,35)(H,36,37)/t21-,22+,26-/m1/s1. The molecule has 2 heterocycles. The number of nitrogens with one attached hydrogen (secondary N) is 2. The van der Waals surface area contributed by atoms with Crippen LogP contribution in [0.15, 0.2) is 29.8 Å². The third-order valence-electron chi connectivity index (χ3n) is 7.01. The number of nitrogens with zero attached hydrogens (tertiary/aromatic N) is 2. The van der Waals surface area contributed by atoms with Crippen LogP contribution >= 0.6 is 11.3 Å². The van der Waals surface area contributed by atoms with Crippen molar-refractivity contribution in [3.63, 3.8) is 0 Å². The summed E-state index contributed by atoms with van der Waals surface area (Å²) in [6.45, 7) is 7.75. The second kappa shape index (κ2) is 13.8. The van der Waals surface area contributed by atoms with Crippen LogP contribution in [0, 0.1) is 12.3 Å². The molecule has 3 amide bonds. The molecule has 3 atom stereocenters. The van der Waals surface area contributed by atoms with Crippen LogP contribution in [0.2, 0.25) is 0 Å². The van der Waals surface area contributed by atoms with E-state index in [0.29, 0.717) is 19.3 Å². The van der Waals surface area contributed by atoms with Crippen molar-refractivity contribution in [2.75, 3.05) is 6.54 Å². The molecule has 0 aliphatic carbocycles. The number of β-amino-alcohol motifs (C(OH)–C–C–N with tert-alkyl or cyclic N) is 1. The predicted molar refractivity (Wildman–Crippen MR) is 152 cm³/mol. The van der Waals surface area contributed by atoms with Gasteiger partial charge in [-0.15, -0.1) is 11.3 Å². The highest BCUT2D eigenvalue weighted by Crippen LogP contribution is 2.28. The number of unbranched alkanes of at least 4 members (excludes halogenated alkanes) is 2. The molecule has 0 bridgehead atoms. The fourth-order valence-corrected chi connectivity index (χ4v) is 5.56. The fourth-order valence-electron chi connectivity index (χ4n) is 4.75. The Morgan fingerprint density at radius 2 is 1.77 bits per heavy atom. The molecule has 1 aromatic heterocycles. The van der Waals surface area contributed by atoms with E-state index in [9.17, 15) is 24.3 Å². The summed E-state index contributed by atoms with van der Waals surface area (Å²) in [5, 5.41) is 24.8. The van der Waals surface area contributed by atoms with Crippen molar-refractivity contribution in [1.29, 1.82) is 0 Å². The number of rotatable bonds is 12. The van der Waals surface area contributed by atoms with Crippen LogP contribution in [0.4, 0.5) is 0 Å². The van der Waals surface area contributed by atoms with Crippen molar-refractivity contribution < 1.29 is 29.4 Å². The summed E-state index contributed by atoms with van der Waals surface area (Å²) >= 11 is 1.57. The second-order valence-electron chi connectivity index (χ2n) is 11.4. The second-order valence-corrected chi connectivity index (χ2v) is 12.3. The molecule has 2 aromatic rings. The van der Waals surface area contributed by atoms with Crippen molar-refractivity contribution in [2.24, 2.45) is 5.41 Å². The molecule has 1 fully saturated rings. The lowest BCUT2D eigenvalue weighted by molar-refractivity contribution is -0.144. The number of carboxylic acid groups (broad SMARTS) is 1. The van der Waals surface area contributed by atoms with Gasteiger partial charge in [0.25, 0.3) is 0 Å². The summed E-state index contributed by atoms with van der Waals surface area (Å²) in [5.41, 5.74) is 4.10. The summed E-state index contributed by atoms with van der Waals surface area (Å²) < 4.78 is 0. The van der Waals surface area contributed by atoms with E-state index in [2.05, 4.69) is 15.6 Å². The van der Waals surface area contributed by atoms with Gasteiger partial charge in [-0.2, -0.15) is 0 Å². The van der Waals surface area contributed by atoms with Gasteiger partial charge in [0.15, 0.2) is 0 Å². The Balaban J connectivity index is 1.60.